The molecule has 2 aromatic rings. The first-order chi connectivity index (χ1) is 9.09. The minimum Gasteiger partial charge on any atom is -0.390 e. The zero-order valence-corrected chi connectivity index (χ0v) is 10.5. The van der Waals surface area contributed by atoms with Crippen molar-refractivity contribution < 1.29 is 15.0 Å². The van der Waals surface area contributed by atoms with Crippen molar-refractivity contribution in [3.8, 4) is 0 Å². The van der Waals surface area contributed by atoms with E-state index in [1.165, 1.54) is 6.92 Å². The first kappa shape index (κ1) is 13.4. The topological polar surface area (TPSA) is 111 Å². The fourth-order valence-electron chi connectivity index (χ4n) is 1.84. The highest BCUT2D eigenvalue weighted by Gasteiger charge is 2.22. The zero-order valence-electron chi connectivity index (χ0n) is 10.5. The van der Waals surface area contributed by atoms with Crippen LogP contribution in [-0.2, 0) is 4.79 Å². The second-order valence-electron chi connectivity index (χ2n) is 4.30. The number of fused-ring (bicyclic) bond motifs is 1. The molecule has 0 aromatic carbocycles. The summed E-state index contributed by atoms with van der Waals surface area (Å²) >= 11 is 0. The number of carbonyl (C=O) groups excluding carboxylic acids is 1. The van der Waals surface area contributed by atoms with Crippen molar-refractivity contribution in [2.45, 2.75) is 25.6 Å². The van der Waals surface area contributed by atoms with Crippen molar-refractivity contribution in [3.63, 3.8) is 0 Å². The van der Waals surface area contributed by atoms with Crippen LogP contribution in [0.5, 0.6) is 0 Å². The van der Waals surface area contributed by atoms with Gasteiger partial charge in [0, 0.05) is 25.1 Å². The van der Waals surface area contributed by atoms with E-state index in [2.05, 4.69) is 20.5 Å². The fourth-order valence-corrected chi connectivity index (χ4v) is 1.84. The molecule has 4 N–H and O–H groups in total. The van der Waals surface area contributed by atoms with E-state index in [-0.39, 0.29) is 12.3 Å². The van der Waals surface area contributed by atoms with Crippen LogP contribution in [0.4, 0.5) is 0 Å². The Labute approximate surface area is 109 Å². The van der Waals surface area contributed by atoms with Gasteiger partial charge in [-0.25, -0.2) is 4.98 Å². The third kappa shape index (κ3) is 3.07. The molecule has 0 aliphatic carbocycles. The van der Waals surface area contributed by atoms with Crippen molar-refractivity contribution in [2.75, 3.05) is 6.54 Å². The molecule has 2 rings (SSSR count). The van der Waals surface area contributed by atoms with Crippen LogP contribution in [0.3, 0.4) is 0 Å². The van der Waals surface area contributed by atoms with Crippen LogP contribution in [0.2, 0.25) is 0 Å². The maximum absolute atomic E-state index is 10.7. The zero-order chi connectivity index (χ0) is 13.8. The number of aliphatic hydroxyl groups excluding tert-OH is 2. The third-order valence-electron chi connectivity index (χ3n) is 2.83. The summed E-state index contributed by atoms with van der Waals surface area (Å²) in [5.41, 5.74) is 0.920. The van der Waals surface area contributed by atoms with Gasteiger partial charge in [-0.05, 0) is 18.6 Å². The number of hydrogen-bond acceptors (Lipinski definition) is 5. The second-order valence-corrected chi connectivity index (χ2v) is 4.30. The largest absolute Gasteiger partial charge is 0.390 e. The van der Waals surface area contributed by atoms with Crippen LogP contribution in [-0.4, -0.2) is 44.0 Å². The number of rotatable bonds is 5. The fraction of sp³-hybridized carbons (Fsp3) is 0.417. The Kier molecular flexibility index (Phi) is 4.08. The SMILES string of the molecule is CC(=O)NCCC(O)C(O)c1[nH]nc2ncccc12. The number of H-pyrrole nitrogens is 1. The molecule has 0 saturated heterocycles. The van der Waals surface area contributed by atoms with Gasteiger partial charge in [-0.2, -0.15) is 5.10 Å². The van der Waals surface area contributed by atoms with Gasteiger partial charge in [-0.3, -0.25) is 9.89 Å². The Balaban J connectivity index is 2.06. The number of carbonyl (C=O) groups is 1. The predicted molar refractivity (Wildman–Crippen MR) is 68.2 cm³/mol. The van der Waals surface area contributed by atoms with Gasteiger partial charge in [-0.15, -0.1) is 0 Å². The van der Waals surface area contributed by atoms with Crippen LogP contribution in [0.15, 0.2) is 18.3 Å². The molecule has 2 atom stereocenters. The molecular formula is C12H16N4O3. The Morgan fingerprint density at radius 2 is 2.32 bits per heavy atom. The molecule has 7 heteroatoms. The molecule has 19 heavy (non-hydrogen) atoms. The van der Waals surface area contributed by atoms with E-state index >= 15 is 0 Å². The lowest BCUT2D eigenvalue weighted by atomic mass is 10.1. The molecule has 2 heterocycles. The lowest BCUT2D eigenvalue weighted by Crippen LogP contribution is -2.27. The second kappa shape index (κ2) is 5.77. The molecule has 2 unspecified atom stereocenters. The van der Waals surface area contributed by atoms with Gasteiger partial charge >= 0.3 is 0 Å². The first-order valence-corrected chi connectivity index (χ1v) is 5.99. The quantitative estimate of drug-likeness (QED) is 0.601. The molecule has 0 radical (unpaired) electrons. The van der Waals surface area contributed by atoms with Crippen LogP contribution in [0.25, 0.3) is 11.0 Å². The van der Waals surface area contributed by atoms with E-state index in [4.69, 9.17) is 0 Å². The first-order valence-electron chi connectivity index (χ1n) is 5.99. The van der Waals surface area contributed by atoms with E-state index in [0.717, 1.165) is 0 Å². The lowest BCUT2D eigenvalue weighted by Gasteiger charge is -2.16. The highest BCUT2D eigenvalue weighted by Crippen LogP contribution is 2.23. The Hall–Kier alpha value is -1.99. The molecule has 1 amide bonds. The van der Waals surface area contributed by atoms with Gasteiger partial charge in [0.2, 0.25) is 5.91 Å². The summed E-state index contributed by atoms with van der Waals surface area (Å²) < 4.78 is 0. The number of amides is 1. The minimum atomic E-state index is -1.09. The Morgan fingerprint density at radius 1 is 1.53 bits per heavy atom. The van der Waals surface area contributed by atoms with Gasteiger partial charge in [0.05, 0.1) is 11.8 Å². The van der Waals surface area contributed by atoms with E-state index in [0.29, 0.717) is 23.3 Å². The summed E-state index contributed by atoms with van der Waals surface area (Å²) in [4.78, 5) is 14.8. The summed E-state index contributed by atoms with van der Waals surface area (Å²) in [5.74, 6) is -0.169. The van der Waals surface area contributed by atoms with Crippen LogP contribution >= 0.6 is 0 Å². The van der Waals surface area contributed by atoms with Crippen molar-refractivity contribution in [1.29, 1.82) is 0 Å². The molecule has 0 spiro atoms. The Bertz CT molecular complexity index is 569. The standard InChI is InChI=1S/C12H16N4O3/c1-7(17)13-6-4-9(18)11(19)10-8-3-2-5-14-12(8)16-15-10/h2-3,5,9,11,18-19H,4,6H2,1H3,(H,13,17)(H,14,15,16). The number of aliphatic hydroxyl groups is 2. The molecule has 7 nitrogen and oxygen atoms in total. The van der Waals surface area contributed by atoms with Crippen molar-refractivity contribution in [1.82, 2.24) is 20.5 Å². The highest BCUT2D eigenvalue weighted by molar-refractivity contribution is 5.77. The normalized spacial score (nSPS) is 14.3. The molecular weight excluding hydrogens is 248 g/mol. The molecule has 0 fully saturated rings. The minimum absolute atomic E-state index is 0.169. The van der Waals surface area contributed by atoms with Crippen molar-refractivity contribution in [3.05, 3.63) is 24.0 Å². The molecule has 0 saturated carbocycles. The molecule has 0 aliphatic rings. The number of aromatic amines is 1. The lowest BCUT2D eigenvalue weighted by molar-refractivity contribution is -0.119. The molecule has 2 aromatic heterocycles. The monoisotopic (exact) mass is 264 g/mol. The van der Waals surface area contributed by atoms with E-state index in [9.17, 15) is 15.0 Å². The van der Waals surface area contributed by atoms with E-state index in [1.807, 2.05) is 0 Å². The number of aromatic nitrogens is 3. The maximum Gasteiger partial charge on any atom is 0.216 e. The number of pyridine rings is 1. The molecule has 102 valence electrons. The maximum atomic E-state index is 10.7. The summed E-state index contributed by atoms with van der Waals surface area (Å²) in [5, 5.41) is 29.8. The van der Waals surface area contributed by atoms with Crippen LogP contribution in [0.1, 0.15) is 25.1 Å². The predicted octanol–water partition coefficient (Wildman–Crippen LogP) is -0.122. The van der Waals surface area contributed by atoms with Crippen LogP contribution in [0, 0.1) is 0 Å². The smallest absolute Gasteiger partial charge is 0.216 e. The average molecular weight is 264 g/mol. The van der Waals surface area contributed by atoms with Gasteiger partial charge in [0.1, 0.15) is 6.10 Å². The van der Waals surface area contributed by atoms with Gasteiger partial charge in [-0.1, -0.05) is 0 Å². The highest BCUT2D eigenvalue weighted by atomic mass is 16.3. The van der Waals surface area contributed by atoms with E-state index < -0.39 is 12.2 Å². The van der Waals surface area contributed by atoms with Crippen molar-refractivity contribution >= 4 is 16.9 Å². The summed E-state index contributed by atoms with van der Waals surface area (Å²) in [6.07, 6.45) is -0.229. The summed E-state index contributed by atoms with van der Waals surface area (Å²) in [7, 11) is 0. The number of nitrogens with zero attached hydrogens (tertiary/aromatic N) is 2. The number of hydrogen-bond donors (Lipinski definition) is 4. The van der Waals surface area contributed by atoms with Gasteiger partial charge in [0.15, 0.2) is 5.65 Å². The average Bonchev–Trinajstić information content (AvgIpc) is 2.81. The molecule has 0 aliphatic heterocycles. The van der Waals surface area contributed by atoms with Crippen LogP contribution < -0.4 is 5.32 Å². The Morgan fingerprint density at radius 3 is 3.05 bits per heavy atom. The summed E-state index contributed by atoms with van der Waals surface area (Å²) in [6, 6.07) is 3.50. The van der Waals surface area contributed by atoms with Gasteiger partial charge in [0.25, 0.3) is 0 Å². The third-order valence-corrected chi connectivity index (χ3v) is 2.83. The summed E-state index contributed by atoms with van der Waals surface area (Å²) in [6.45, 7) is 1.70. The van der Waals surface area contributed by atoms with E-state index in [1.54, 1.807) is 18.3 Å². The molecule has 0 bridgehead atoms. The van der Waals surface area contributed by atoms with Gasteiger partial charge < -0.3 is 15.5 Å². The number of nitrogens with one attached hydrogen (secondary N) is 2. The van der Waals surface area contributed by atoms with Crippen molar-refractivity contribution in [2.24, 2.45) is 0 Å².